The third kappa shape index (κ3) is 3.05. The van der Waals surface area contributed by atoms with Gasteiger partial charge in [0.2, 0.25) is 5.91 Å². The molecule has 3 nitrogen and oxygen atoms in total. The van der Waals surface area contributed by atoms with Crippen LogP contribution >= 0.6 is 23.1 Å². The fraction of sp³-hybridized carbons (Fsp3) is 0.667. The first-order valence-electron chi connectivity index (χ1n) is 7.11. The van der Waals surface area contributed by atoms with Gasteiger partial charge in [0.1, 0.15) is 6.17 Å². The van der Waals surface area contributed by atoms with E-state index in [1.165, 1.54) is 5.56 Å². The highest BCUT2D eigenvalue weighted by atomic mass is 32.2. The number of carbonyl (C=O) groups excluding carboxylic acids is 1. The predicted molar refractivity (Wildman–Crippen MR) is 88.2 cm³/mol. The molecule has 1 aliphatic rings. The summed E-state index contributed by atoms with van der Waals surface area (Å²) < 4.78 is 0. The summed E-state index contributed by atoms with van der Waals surface area (Å²) in [5.74, 6) is 1.84. The van der Waals surface area contributed by atoms with Gasteiger partial charge in [0.25, 0.3) is 0 Å². The summed E-state index contributed by atoms with van der Waals surface area (Å²) in [4.78, 5) is 14.8. The molecule has 0 aliphatic carbocycles. The third-order valence-corrected chi connectivity index (χ3v) is 5.63. The fourth-order valence-electron chi connectivity index (χ4n) is 2.68. The summed E-state index contributed by atoms with van der Waals surface area (Å²) in [7, 11) is 0. The molecule has 20 heavy (non-hydrogen) atoms. The Morgan fingerprint density at radius 2 is 2.35 bits per heavy atom. The Morgan fingerprint density at radius 3 is 2.90 bits per heavy atom. The average molecular weight is 313 g/mol. The molecule has 2 rings (SSSR count). The van der Waals surface area contributed by atoms with Gasteiger partial charge in [-0.3, -0.25) is 10.1 Å². The van der Waals surface area contributed by atoms with E-state index in [9.17, 15) is 4.79 Å². The van der Waals surface area contributed by atoms with E-state index >= 15 is 0 Å². The van der Waals surface area contributed by atoms with Gasteiger partial charge < -0.3 is 4.90 Å². The number of thioether (sulfide) groups is 1. The Balaban J connectivity index is 2.22. The van der Waals surface area contributed by atoms with Gasteiger partial charge in [-0.25, -0.2) is 0 Å². The van der Waals surface area contributed by atoms with Crippen molar-refractivity contribution in [1.29, 1.82) is 0 Å². The van der Waals surface area contributed by atoms with Crippen molar-refractivity contribution in [2.75, 3.05) is 18.6 Å². The number of rotatable bonds is 6. The molecule has 1 aromatic rings. The van der Waals surface area contributed by atoms with Gasteiger partial charge in [-0.15, -0.1) is 0 Å². The second-order valence-corrected chi connectivity index (χ2v) is 7.50. The molecule has 2 heterocycles. The lowest BCUT2D eigenvalue weighted by atomic mass is 9.99. The first-order chi connectivity index (χ1) is 9.51. The van der Waals surface area contributed by atoms with Crippen LogP contribution < -0.4 is 5.32 Å². The summed E-state index contributed by atoms with van der Waals surface area (Å²) in [5, 5.41) is 7.76. The summed E-state index contributed by atoms with van der Waals surface area (Å²) in [6.45, 7) is 7.14. The summed E-state index contributed by atoms with van der Waals surface area (Å²) >= 11 is 3.53. The topological polar surface area (TPSA) is 32.3 Å². The molecule has 1 saturated heterocycles. The second-order valence-electron chi connectivity index (χ2n) is 5.81. The van der Waals surface area contributed by atoms with E-state index in [1.807, 2.05) is 23.6 Å². The number of hydrogen-bond acceptors (Lipinski definition) is 4. The minimum absolute atomic E-state index is 0.0306. The van der Waals surface area contributed by atoms with E-state index in [4.69, 9.17) is 0 Å². The molecule has 3 atom stereocenters. The van der Waals surface area contributed by atoms with Crippen LogP contribution in [0.25, 0.3) is 0 Å². The molecule has 0 saturated carbocycles. The van der Waals surface area contributed by atoms with Crippen LogP contribution in [0.4, 0.5) is 0 Å². The van der Waals surface area contributed by atoms with Crippen molar-refractivity contribution in [3.8, 4) is 0 Å². The quantitative estimate of drug-likeness (QED) is 0.874. The van der Waals surface area contributed by atoms with E-state index in [2.05, 4.69) is 42.2 Å². The fourth-order valence-corrected chi connectivity index (χ4v) is 4.04. The molecule has 5 heteroatoms. The van der Waals surface area contributed by atoms with Gasteiger partial charge in [0, 0.05) is 6.54 Å². The van der Waals surface area contributed by atoms with Crippen molar-refractivity contribution in [1.82, 2.24) is 10.2 Å². The molecule has 0 aromatic carbocycles. The van der Waals surface area contributed by atoms with Crippen LogP contribution in [0, 0.1) is 5.92 Å². The number of carbonyl (C=O) groups is 1. The molecule has 0 radical (unpaired) electrons. The molecular formula is C15H24N2OS2. The lowest BCUT2D eigenvalue weighted by molar-refractivity contribution is -0.133. The molecule has 0 bridgehead atoms. The highest BCUT2D eigenvalue weighted by Gasteiger charge is 2.47. The van der Waals surface area contributed by atoms with Crippen LogP contribution in [0.3, 0.4) is 0 Å². The standard InChI is InChI=1S/C15H24N2OS2/c1-5-15(3)14(18)17(8-11(2)9-19-4)13(16-15)12-6-7-20-10-12/h6-7,10-11,13,16H,5,8-9H2,1-4H3. The zero-order valence-corrected chi connectivity index (χ0v) is 14.3. The molecule has 1 fully saturated rings. The largest absolute Gasteiger partial charge is 0.321 e. The number of thiophene rings is 1. The highest BCUT2D eigenvalue weighted by Crippen LogP contribution is 2.34. The van der Waals surface area contributed by atoms with Crippen LogP contribution in [0.15, 0.2) is 16.8 Å². The number of nitrogens with one attached hydrogen (secondary N) is 1. The average Bonchev–Trinajstić information content (AvgIpc) is 3.02. The molecule has 1 aromatic heterocycles. The maximum Gasteiger partial charge on any atom is 0.244 e. The maximum atomic E-state index is 12.8. The van der Waals surface area contributed by atoms with Gasteiger partial charge in [0.05, 0.1) is 5.54 Å². The molecule has 0 spiro atoms. The molecule has 112 valence electrons. The first-order valence-corrected chi connectivity index (χ1v) is 9.45. The van der Waals surface area contributed by atoms with Crippen LogP contribution in [0.1, 0.15) is 38.9 Å². The van der Waals surface area contributed by atoms with Crippen molar-refractivity contribution < 1.29 is 4.79 Å². The van der Waals surface area contributed by atoms with E-state index < -0.39 is 5.54 Å². The van der Waals surface area contributed by atoms with Crippen LogP contribution in [0.5, 0.6) is 0 Å². The predicted octanol–water partition coefficient (Wildman–Crippen LogP) is 3.35. The smallest absolute Gasteiger partial charge is 0.244 e. The van der Waals surface area contributed by atoms with Gasteiger partial charge >= 0.3 is 0 Å². The number of nitrogens with zero attached hydrogens (tertiary/aromatic N) is 1. The Kier molecular flexibility index (Phi) is 5.15. The zero-order chi connectivity index (χ0) is 14.8. The minimum Gasteiger partial charge on any atom is -0.321 e. The Bertz CT molecular complexity index is 449. The van der Waals surface area contributed by atoms with Gasteiger partial charge in [-0.05, 0) is 53.7 Å². The second kappa shape index (κ2) is 6.50. The van der Waals surface area contributed by atoms with Crippen molar-refractivity contribution in [3.05, 3.63) is 22.4 Å². The summed E-state index contributed by atoms with van der Waals surface area (Å²) in [6, 6.07) is 2.11. The zero-order valence-electron chi connectivity index (χ0n) is 12.7. The lowest BCUT2D eigenvalue weighted by Crippen LogP contribution is -2.43. The van der Waals surface area contributed by atoms with Gasteiger partial charge in [-0.2, -0.15) is 23.1 Å². The Hall–Kier alpha value is -0.520. The SMILES string of the molecule is CCC1(C)NC(c2ccsc2)N(CC(C)CSC)C1=O. The Morgan fingerprint density at radius 1 is 1.60 bits per heavy atom. The number of amides is 1. The number of hydrogen-bond donors (Lipinski definition) is 1. The van der Waals surface area contributed by atoms with Crippen LogP contribution in [-0.4, -0.2) is 34.9 Å². The molecule has 1 N–H and O–H groups in total. The molecule has 1 aliphatic heterocycles. The van der Waals surface area contributed by atoms with Crippen molar-refractivity contribution in [2.24, 2.45) is 5.92 Å². The first kappa shape index (κ1) is 15.9. The van der Waals surface area contributed by atoms with Crippen molar-refractivity contribution in [2.45, 2.75) is 38.9 Å². The highest BCUT2D eigenvalue weighted by molar-refractivity contribution is 7.98. The normalized spacial score (nSPS) is 28.1. The van der Waals surface area contributed by atoms with E-state index in [-0.39, 0.29) is 12.1 Å². The lowest BCUT2D eigenvalue weighted by Gasteiger charge is -2.26. The van der Waals surface area contributed by atoms with Crippen molar-refractivity contribution in [3.63, 3.8) is 0 Å². The van der Waals surface area contributed by atoms with Crippen molar-refractivity contribution >= 4 is 29.0 Å². The van der Waals surface area contributed by atoms with E-state index in [0.29, 0.717) is 5.92 Å². The molecule has 1 amide bonds. The third-order valence-electron chi connectivity index (χ3n) is 4.03. The monoisotopic (exact) mass is 312 g/mol. The van der Waals surface area contributed by atoms with Gasteiger partial charge in [-0.1, -0.05) is 13.8 Å². The van der Waals surface area contributed by atoms with E-state index in [1.54, 1.807) is 11.3 Å². The summed E-state index contributed by atoms with van der Waals surface area (Å²) in [6.07, 6.45) is 2.97. The molecule has 3 unspecified atom stereocenters. The van der Waals surface area contributed by atoms with Gasteiger partial charge in [0.15, 0.2) is 0 Å². The van der Waals surface area contributed by atoms with Crippen LogP contribution in [0.2, 0.25) is 0 Å². The van der Waals surface area contributed by atoms with E-state index in [0.717, 1.165) is 18.7 Å². The summed E-state index contributed by atoms with van der Waals surface area (Å²) in [5.41, 5.74) is 0.781. The van der Waals surface area contributed by atoms with Crippen LogP contribution in [-0.2, 0) is 4.79 Å². The Labute approximate surface area is 130 Å². The minimum atomic E-state index is -0.425. The maximum absolute atomic E-state index is 12.8. The molecular weight excluding hydrogens is 288 g/mol.